The average Bonchev–Trinajstić information content (AvgIpc) is 2.87. The van der Waals surface area contributed by atoms with Gasteiger partial charge in [-0.3, -0.25) is 19.8 Å². The average molecular weight is 499 g/mol. The van der Waals surface area contributed by atoms with Crippen LogP contribution in [0.3, 0.4) is 0 Å². The Hall–Kier alpha value is -4.00. The number of carbonyl (C=O) groups is 2. The van der Waals surface area contributed by atoms with Gasteiger partial charge in [-0.05, 0) is 65.0 Å². The van der Waals surface area contributed by atoms with Gasteiger partial charge in [0.05, 0.1) is 5.69 Å². The van der Waals surface area contributed by atoms with E-state index in [2.05, 4.69) is 23.5 Å². The number of nitrogens with zero attached hydrogens (tertiary/aromatic N) is 1. The molecule has 5 nitrogen and oxygen atoms in total. The summed E-state index contributed by atoms with van der Waals surface area (Å²) in [5, 5.41) is 5.38. The standard InChI is InChI=1S/C28H19ClN2O3S/c29-21-12-14-22(15-13-21)31-27(33)24(26(32)30-28(31)35)16-19-7-2-4-11-25(19)34-17-20-9-5-8-18-6-1-3-10-23(18)20/h1-16H,17H2,(H,30,32,35)/b24-16+. The van der Waals surface area contributed by atoms with Crippen molar-refractivity contribution in [2.24, 2.45) is 0 Å². The van der Waals surface area contributed by atoms with Gasteiger partial charge in [0.1, 0.15) is 17.9 Å². The third kappa shape index (κ3) is 4.67. The van der Waals surface area contributed by atoms with E-state index < -0.39 is 11.8 Å². The van der Waals surface area contributed by atoms with Crippen LogP contribution in [0.25, 0.3) is 16.8 Å². The van der Waals surface area contributed by atoms with Crippen molar-refractivity contribution in [2.45, 2.75) is 6.61 Å². The fourth-order valence-electron chi connectivity index (χ4n) is 3.94. The molecule has 0 aliphatic carbocycles. The first kappa shape index (κ1) is 22.8. The van der Waals surface area contributed by atoms with E-state index in [1.54, 1.807) is 30.3 Å². The van der Waals surface area contributed by atoms with E-state index in [1.165, 1.54) is 11.0 Å². The van der Waals surface area contributed by atoms with Crippen molar-refractivity contribution in [1.29, 1.82) is 0 Å². The first-order valence-electron chi connectivity index (χ1n) is 10.9. The molecule has 0 aromatic heterocycles. The van der Waals surface area contributed by atoms with Gasteiger partial charge in [0, 0.05) is 10.6 Å². The van der Waals surface area contributed by atoms with Crippen LogP contribution in [0.2, 0.25) is 5.02 Å². The number of rotatable bonds is 5. The topological polar surface area (TPSA) is 58.6 Å². The SMILES string of the molecule is O=C1NC(=S)N(c2ccc(Cl)cc2)C(=O)/C1=C/c1ccccc1OCc1cccc2ccccc12. The number of hydrogen-bond donors (Lipinski definition) is 1. The molecule has 1 aliphatic rings. The van der Waals surface area contributed by atoms with Gasteiger partial charge < -0.3 is 4.74 Å². The molecule has 1 heterocycles. The maximum atomic E-state index is 13.3. The number of benzene rings is 4. The van der Waals surface area contributed by atoms with Crippen LogP contribution in [0.15, 0.2) is 96.6 Å². The quantitative estimate of drug-likeness (QED) is 0.211. The van der Waals surface area contributed by atoms with Gasteiger partial charge in [-0.1, -0.05) is 72.3 Å². The molecule has 1 N–H and O–H groups in total. The minimum absolute atomic E-state index is 0.0139. The maximum Gasteiger partial charge on any atom is 0.270 e. The van der Waals surface area contributed by atoms with Gasteiger partial charge in [-0.2, -0.15) is 0 Å². The van der Waals surface area contributed by atoms with Crippen molar-refractivity contribution < 1.29 is 14.3 Å². The van der Waals surface area contributed by atoms with Crippen LogP contribution in [0.4, 0.5) is 5.69 Å². The molecule has 172 valence electrons. The highest BCUT2D eigenvalue weighted by molar-refractivity contribution is 7.80. The molecule has 0 radical (unpaired) electrons. The van der Waals surface area contributed by atoms with Crippen molar-refractivity contribution in [2.75, 3.05) is 4.90 Å². The summed E-state index contributed by atoms with van der Waals surface area (Å²) in [4.78, 5) is 27.3. The van der Waals surface area contributed by atoms with Gasteiger partial charge in [0.25, 0.3) is 11.8 Å². The Morgan fingerprint density at radius 2 is 1.60 bits per heavy atom. The lowest BCUT2D eigenvalue weighted by atomic mass is 10.0. The lowest BCUT2D eigenvalue weighted by Gasteiger charge is -2.29. The molecule has 5 rings (SSSR count). The van der Waals surface area contributed by atoms with Crippen LogP contribution in [0, 0.1) is 0 Å². The van der Waals surface area contributed by atoms with Crippen LogP contribution in [0.1, 0.15) is 11.1 Å². The summed E-state index contributed by atoms with van der Waals surface area (Å²) in [5.41, 5.74) is 2.11. The molecule has 0 bridgehead atoms. The highest BCUT2D eigenvalue weighted by Gasteiger charge is 2.34. The Labute approximate surface area is 212 Å². The molecule has 4 aromatic carbocycles. The summed E-state index contributed by atoms with van der Waals surface area (Å²) < 4.78 is 6.15. The summed E-state index contributed by atoms with van der Waals surface area (Å²) in [6, 6.07) is 28.1. The van der Waals surface area contributed by atoms with E-state index in [4.69, 9.17) is 28.6 Å². The number of fused-ring (bicyclic) bond motifs is 1. The van der Waals surface area contributed by atoms with Crippen molar-refractivity contribution in [3.63, 3.8) is 0 Å². The molecule has 2 amide bonds. The second-order valence-electron chi connectivity index (χ2n) is 7.90. The van der Waals surface area contributed by atoms with E-state index >= 15 is 0 Å². The van der Waals surface area contributed by atoms with Gasteiger partial charge in [0.2, 0.25) is 0 Å². The minimum atomic E-state index is -0.561. The van der Waals surface area contributed by atoms with Crippen molar-refractivity contribution >= 4 is 63.3 Å². The number of hydrogen-bond acceptors (Lipinski definition) is 4. The number of ether oxygens (including phenoxy) is 1. The van der Waals surface area contributed by atoms with Crippen LogP contribution < -0.4 is 15.0 Å². The number of para-hydroxylation sites is 1. The van der Waals surface area contributed by atoms with Crippen LogP contribution in [-0.4, -0.2) is 16.9 Å². The summed E-state index contributed by atoms with van der Waals surface area (Å²) in [6.45, 7) is 0.336. The first-order valence-corrected chi connectivity index (χ1v) is 11.7. The lowest BCUT2D eigenvalue weighted by molar-refractivity contribution is -0.122. The molecular weight excluding hydrogens is 480 g/mol. The lowest BCUT2D eigenvalue weighted by Crippen LogP contribution is -2.54. The number of halogens is 1. The first-order chi connectivity index (χ1) is 17.0. The zero-order chi connectivity index (χ0) is 24.4. The van der Waals surface area contributed by atoms with E-state index in [0.29, 0.717) is 28.6 Å². The normalized spacial score (nSPS) is 14.9. The fraction of sp³-hybridized carbons (Fsp3) is 0.0357. The molecule has 7 heteroatoms. The van der Waals surface area contributed by atoms with Gasteiger partial charge in [-0.25, -0.2) is 0 Å². The Kier molecular flexibility index (Phi) is 6.31. The Morgan fingerprint density at radius 3 is 2.43 bits per heavy atom. The number of anilines is 1. The van der Waals surface area contributed by atoms with Gasteiger partial charge in [-0.15, -0.1) is 0 Å². The van der Waals surface area contributed by atoms with E-state index in [-0.39, 0.29) is 10.7 Å². The van der Waals surface area contributed by atoms with Crippen molar-refractivity contribution in [3.8, 4) is 5.75 Å². The van der Waals surface area contributed by atoms with E-state index in [0.717, 1.165) is 16.3 Å². The third-order valence-corrected chi connectivity index (χ3v) is 6.21. The number of carbonyl (C=O) groups excluding carboxylic acids is 2. The highest BCUT2D eigenvalue weighted by Crippen LogP contribution is 2.27. The minimum Gasteiger partial charge on any atom is -0.488 e. The zero-order valence-corrected chi connectivity index (χ0v) is 20.0. The van der Waals surface area contributed by atoms with Gasteiger partial charge >= 0.3 is 0 Å². The molecular formula is C28H19ClN2O3S. The second kappa shape index (κ2) is 9.70. The summed E-state index contributed by atoms with van der Waals surface area (Å²) in [7, 11) is 0. The molecule has 35 heavy (non-hydrogen) atoms. The molecule has 0 spiro atoms. The number of amides is 2. The molecule has 1 fully saturated rings. The highest BCUT2D eigenvalue weighted by atomic mass is 35.5. The van der Waals surface area contributed by atoms with E-state index in [9.17, 15) is 9.59 Å². The maximum absolute atomic E-state index is 13.3. The monoisotopic (exact) mass is 498 g/mol. The van der Waals surface area contributed by atoms with Crippen LogP contribution in [0.5, 0.6) is 5.75 Å². The Balaban J connectivity index is 1.45. The summed E-state index contributed by atoms with van der Waals surface area (Å²) >= 11 is 11.2. The largest absolute Gasteiger partial charge is 0.488 e. The second-order valence-corrected chi connectivity index (χ2v) is 8.72. The molecule has 1 aliphatic heterocycles. The molecule has 0 unspecified atom stereocenters. The van der Waals surface area contributed by atoms with Crippen LogP contribution in [-0.2, 0) is 16.2 Å². The van der Waals surface area contributed by atoms with Crippen molar-refractivity contribution in [1.82, 2.24) is 5.32 Å². The fourth-order valence-corrected chi connectivity index (χ4v) is 4.35. The van der Waals surface area contributed by atoms with Gasteiger partial charge in [0.15, 0.2) is 5.11 Å². The van der Waals surface area contributed by atoms with Crippen LogP contribution >= 0.6 is 23.8 Å². The number of thiocarbonyl (C=S) groups is 1. The Bertz CT molecular complexity index is 1490. The van der Waals surface area contributed by atoms with Crippen molar-refractivity contribution in [3.05, 3.63) is 113 Å². The number of nitrogens with one attached hydrogen (secondary N) is 1. The predicted octanol–water partition coefficient (Wildman–Crippen LogP) is 5.90. The third-order valence-electron chi connectivity index (χ3n) is 5.67. The molecule has 0 atom stereocenters. The van der Waals surface area contributed by atoms with E-state index in [1.807, 2.05) is 42.5 Å². The smallest absolute Gasteiger partial charge is 0.270 e. The zero-order valence-electron chi connectivity index (χ0n) is 18.4. The molecule has 0 saturated carbocycles. The summed E-state index contributed by atoms with van der Waals surface area (Å²) in [6.07, 6.45) is 1.53. The summed E-state index contributed by atoms with van der Waals surface area (Å²) in [5.74, 6) is -0.529. The molecule has 4 aromatic rings. The molecule has 1 saturated heterocycles. The Morgan fingerprint density at radius 1 is 0.886 bits per heavy atom. The predicted molar refractivity (Wildman–Crippen MR) is 142 cm³/mol.